The zero-order chi connectivity index (χ0) is 14.0. The van der Waals surface area contributed by atoms with Crippen LogP contribution in [0.1, 0.15) is 35.9 Å². The zero-order valence-electron chi connectivity index (χ0n) is 10.9. The van der Waals surface area contributed by atoms with Crippen LogP contribution in [0.15, 0.2) is 24.4 Å². The number of methoxy groups -OCH3 is 1. The van der Waals surface area contributed by atoms with Crippen molar-refractivity contribution in [3.05, 3.63) is 40.8 Å². The van der Waals surface area contributed by atoms with Crippen molar-refractivity contribution >= 4 is 17.6 Å². The van der Waals surface area contributed by atoms with Crippen LogP contribution in [-0.4, -0.2) is 27.8 Å². The number of hydrogen-bond acceptors (Lipinski definition) is 4. The largest absolute Gasteiger partial charge is 0.464 e. The summed E-state index contributed by atoms with van der Waals surface area (Å²) in [5.74, 6) is 0.158. The highest BCUT2D eigenvalue weighted by molar-refractivity contribution is 6.34. The molecule has 2 heterocycles. The summed E-state index contributed by atoms with van der Waals surface area (Å²) in [5, 5.41) is 4.53. The maximum Gasteiger partial charge on any atom is 0.360 e. The first-order chi connectivity index (χ1) is 9.06. The first kappa shape index (κ1) is 13.5. The van der Waals surface area contributed by atoms with Gasteiger partial charge >= 0.3 is 5.97 Å². The average Bonchev–Trinajstić information content (AvgIpc) is 2.76. The molecule has 2 aromatic rings. The van der Waals surface area contributed by atoms with E-state index in [1.165, 1.54) is 7.11 Å². The summed E-state index contributed by atoms with van der Waals surface area (Å²) in [5.41, 5.74) is 0.847. The number of nitrogens with zero attached hydrogens (tertiary/aromatic N) is 3. The maximum atomic E-state index is 11.7. The van der Waals surface area contributed by atoms with Crippen molar-refractivity contribution in [2.75, 3.05) is 7.11 Å². The molecule has 19 heavy (non-hydrogen) atoms. The van der Waals surface area contributed by atoms with Crippen LogP contribution in [0.5, 0.6) is 0 Å². The van der Waals surface area contributed by atoms with Crippen molar-refractivity contribution in [1.29, 1.82) is 0 Å². The second kappa shape index (κ2) is 5.40. The Bertz CT molecular complexity index is 593. The molecule has 0 aliphatic rings. The van der Waals surface area contributed by atoms with E-state index in [9.17, 15) is 4.79 Å². The van der Waals surface area contributed by atoms with Crippen LogP contribution in [0.2, 0.25) is 5.02 Å². The van der Waals surface area contributed by atoms with Crippen molar-refractivity contribution in [1.82, 2.24) is 14.8 Å². The molecule has 0 radical (unpaired) electrons. The fourth-order valence-electron chi connectivity index (χ4n) is 1.79. The monoisotopic (exact) mass is 279 g/mol. The van der Waals surface area contributed by atoms with Crippen LogP contribution in [-0.2, 0) is 4.74 Å². The summed E-state index contributed by atoms with van der Waals surface area (Å²) in [6.45, 7) is 3.95. The maximum absolute atomic E-state index is 11.7. The molecule has 2 rings (SSSR count). The lowest BCUT2D eigenvalue weighted by Gasteiger charge is -2.09. The van der Waals surface area contributed by atoms with Crippen LogP contribution in [0.3, 0.4) is 0 Å². The summed E-state index contributed by atoms with van der Waals surface area (Å²) >= 11 is 6.24. The van der Waals surface area contributed by atoms with Crippen molar-refractivity contribution < 1.29 is 9.53 Å². The first-order valence-corrected chi connectivity index (χ1v) is 6.22. The number of esters is 1. The molecule has 0 fully saturated rings. The molecular formula is C13H14ClN3O2. The Balaban J connectivity index is 2.64. The zero-order valence-corrected chi connectivity index (χ0v) is 11.7. The highest BCUT2D eigenvalue weighted by Gasteiger charge is 2.25. The van der Waals surface area contributed by atoms with Crippen LogP contribution >= 0.6 is 11.6 Å². The topological polar surface area (TPSA) is 57.0 Å². The third kappa shape index (κ3) is 2.46. The number of hydrogen-bond donors (Lipinski definition) is 0. The van der Waals surface area contributed by atoms with E-state index in [4.69, 9.17) is 11.6 Å². The molecule has 2 aromatic heterocycles. The fourth-order valence-corrected chi connectivity index (χ4v) is 2.20. The van der Waals surface area contributed by atoms with E-state index in [0.717, 1.165) is 5.69 Å². The number of halogens is 1. The van der Waals surface area contributed by atoms with Gasteiger partial charge < -0.3 is 4.74 Å². The summed E-state index contributed by atoms with van der Waals surface area (Å²) in [6.07, 6.45) is 1.66. The van der Waals surface area contributed by atoms with Gasteiger partial charge in [0.1, 0.15) is 0 Å². The molecule has 6 heteroatoms. The van der Waals surface area contributed by atoms with Gasteiger partial charge in [0.15, 0.2) is 11.5 Å². The highest BCUT2D eigenvalue weighted by Crippen LogP contribution is 2.29. The van der Waals surface area contributed by atoms with E-state index in [1.807, 2.05) is 26.0 Å². The standard InChI is InChI=1S/C13H14ClN3O2/c1-8(2)12-10(14)11(13(18)19-3)16-17(12)9-6-4-5-7-15-9/h4-8H,1-3H3. The molecule has 0 bridgehead atoms. The SMILES string of the molecule is COC(=O)c1nn(-c2ccccn2)c(C(C)C)c1Cl. The third-order valence-corrected chi connectivity index (χ3v) is 3.03. The van der Waals surface area contributed by atoms with Gasteiger partial charge in [-0.05, 0) is 18.1 Å². The van der Waals surface area contributed by atoms with Crippen molar-refractivity contribution in [3.8, 4) is 5.82 Å². The Morgan fingerprint density at radius 1 is 1.42 bits per heavy atom. The van der Waals surface area contributed by atoms with Gasteiger partial charge in [-0.3, -0.25) is 0 Å². The number of rotatable bonds is 3. The van der Waals surface area contributed by atoms with Crippen LogP contribution < -0.4 is 0 Å². The molecule has 0 saturated heterocycles. The predicted molar refractivity (Wildman–Crippen MR) is 71.8 cm³/mol. The molecule has 100 valence electrons. The average molecular weight is 280 g/mol. The fraction of sp³-hybridized carbons (Fsp3) is 0.308. The van der Waals surface area contributed by atoms with Gasteiger partial charge in [-0.25, -0.2) is 14.5 Å². The van der Waals surface area contributed by atoms with E-state index in [2.05, 4.69) is 14.8 Å². The predicted octanol–water partition coefficient (Wildman–Crippen LogP) is 2.83. The molecule has 0 amide bonds. The Kier molecular flexibility index (Phi) is 3.85. The quantitative estimate of drug-likeness (QED) is 0.811. The van der Waals surface area contributed by atoms with E-state index < -0.39 is 5.97 Å². The number of carbonyl (C=O) groups is 1. The van der Waals surface area contributed by atoms with Gasteiger partial charge in [-0.2, -0.15) is 5.10 Å². The smallest absolute Gasteiger partial charge is 0.360 e. The van der Waals surface area contributed by atoms with Gasteiger partial charge in [-0.1, -0.05) is 31.5 Å². The van der Waals surface area contributed by atoms with Crippen LogP contribution in [0.4, 0.5) is 0 Å². The molecule has 0 N–H and O–H groups in total. The van der Waals surface area contributed by atoms with Gasteiger partial charge in [0.2, 0.25) is 0 Å². The van der Waals surface area contributed by atoms with Gasteiger partial charge in [0, 0.05) is 6.20 Å². The number of pyridine rings is 1. The second-order valence-electron chi connectivity index (χ2n) is 4.29. The number of ether oxygens (including phenoxy) is 1. The van der Waals surface area contributed by atoms with Crippen molar-refractivity contribution in [2.45, 2.75) is 19.8 Å². The van der Waals surface area contributed by atoms with Gasteiger partial charge in [0.25, 0.3) is 0 Å². The molecule has 0 aliphatic carbocycles. The molecule has 0 aromatic carbocycles. The summed E-state index contributed by atoms with van der Waals surface area (Å²) in [6, 6.07) is 5.46. The van der Waals surface area contributed by atoms with Crippen molar-refractivity contribution in [2.24, 2.45) is 0 Å². The molecule has 0 aliphatic heterocycles. The van der Waals surface area contributed by atoms with Crippen molar-refractivity contribution in [3.63, 3.8) is 0 Å². The van der Waals surface area contributed by atoms with E-state index in [-0.39, 0.29) is 11.6 Å². The van der Waals surface area contributed by atoms with Gasteiger partial charge in [0.05, 0.1) is 17.8 Å². The number of aromatic nitrogens is 3. The minimum Gasteiger partial charge on any atom is -0.464 e. The molecule has 0 spiro atoms. The van der Waals surface area contributed by atoms with Gasteiger partial charge in [-0.15, -0.1) is 0 Å². The molecule has 0 unspecified atom stereocenters. The Hall–Kier alpha value is -1.88. The lowest BCUT2D eigenvalue weighted by molar-refractivity contribution is 0.0593. The molecular weight excluding hydrogens is 266 g/mol. The normalized spacial score (nSPS) is 10.8. The summed E-state index contributed by atoms with van der Waals surface area (Å²) in [4.78, 5) is 15.9. The third-order valence-electron chi connectivity index (χ3n) is 2.65. The Morgan fingerprint density at radius 3 is 2.68 bits per heavy atom. The molecule has 5 nitrogen and oxygen atoms in total. The highest BCUT2D eigenvalue weighted by atomic mass is 35.5. The minimum absolute atomic E-state index is 0.0976. The number of carbonyl (C=O) groups excluding carboxylic acids is 1. The van der Waals surface area contributed by atoms with Crippen LogP contribution in [0.25, 0.3) is 5.82 Å². The lowest BCUT2D eigenvalue weighted by atomic mass is 10.1. The van der Waals surface area contributed by atoms with E-state index in [0.29, 0.717) is 10.8 Å². The molecule has 0 atom stereocenters. The minimum atomic E-state index is -0.554. The first-order valence-electron chi connectivity index (χ1n) is 5.84. The summed E-state index contributed by atoms with van der Waals surface area (Å²) < 4.78 is 6.26. The van der Waals surface area contributed by atoms with E-state index in [1.54, 1.807) is 16.9 Å². The van der Waals surface area contributed by atoms with Crippen LogP contribution in [0, 0.1) is 0 Å². The van der Waals surface area contributed by atoms with E-state index >= 15 is 0 Å². The Morgan fingerprint density at radius 2 is 2.16 bits per heavy atom. The molecule has 0 saturated carbocycles. The lowest BCUT2D eigenvalue weighted by Crippen LogP contribution is -2.07. The Labute approximate surface area is 116 Å². The summed E-state index contributed by atoms with van der Waals surface area (Å²) in [7, 11) is 1.30. The second-order valence-corrected chi connectivity index (χ2v) is 4.67.